The number of benzene rings is 1. The second-order valence-corrected chi connectivity index (χ2v) is 7.21. The fourth-order valence-electron chi connectivity index (χ4n) is 2.75. The topological polar surface area (TPSA) is 75.1 Å². The van der Waals surface area contributed by atoms with Crippen LogP contribution < -0.4 is 5.73 Å². The van der Waals surface area contributed by atoms with Crippen LogP contribution in [0.4, 0.5) is 8.78 Å². The third kappa shape index (κ3) is 3.75. The normalized spacial score (nSPS) is 20.4. The number of hydrogen-bond donors (Lipinski definition) is 1. The van der Waals surface area contributed by atoms with Gasteiger partial charge in [0.05, 0.1) is 16.8 Å². The van der Waals surface area contributed by atoms with Crippen molar-refractivity contribution >= 4 is 28.8 Å². The molecule has 2 heterocycles. The van der Waals surface area contributed by atoms with Crippen molar-refractivity contribution in [3.05, 3.63) is 64.7 Å². The Balaban J connectivity index is 1.96. The Morgan fingerprint density at radius 2 is 2.19 bits per heavy atom. The molecule has 1 atom stereocenters. The molecule has 26 heavy (non-hydrogen) atoms. The third-order valence-electron chi connectivity index (χ3n) is 4.20. The van der Waals surface area contributed by atoms with E-state index in [0.717, 1.165) is 5.75 Å². The predicted molar refractivity (Wildman–Crippen MR) is 100 cm³/mol. The zero-order valence-electron chi connectivity index (χ0n) is 14.0. The van der Waals surface area contributed by atoms with Gasteiger partial charge in [-0.05, 0) is 49.2 Å². The number of amidine groups is 1. The highest BCUT2D eigenvalue weighted by Gasteiger charge is 2.32. The van der Waals surface area contributed by atoms with Crippen LogP contribution in [0.15, 0.2) is 41.5 Å². The first-order valence-corrected chi connectivity index (χ1v) is 8.92. The molecular formula is C19H16F2N4S. The van der Waals surface area contributed by atoms with E-state index in [4.69, 9.17) is 11.0 Å². The molecule has 1 aromatic carbocycles. The summed E-state index contributed by atoms with van der Waals surface area (Å²) in [5.41, 5.74) is 6.37. The van der Waals surface area contributed by atoms with E-state index in [1.54, 1.807) is 6.07 Å². The van der Waals surface area contributed by atoms with Crippen LogP contribution in [-0.4, -0.2) is 15.9 Å². The van der Waals surface area contributed by atoms with Crippen molar-refractivity contribution in [1.82, 2.24) is 4.98 Å². The van der Waals surface area contributed by atoms with Crippen LogP contribution in [0.3, 0.4) is 0 Å². The molecule has 7 heteroatoms. The summed E-state index contributed by atoms with van der Waals surface area (Å²) >= 11 is 1.44. The van der Waals surface area contributed by atoms with Gasteiger partial charge in [-0.3, -0.25) is 9.98 Å². The molecule has 0 bridgehead atoms. The number of pyridine rings is 1. The van der Waals surface area contributed by atoms with Crippen LogP contribution in [0.5, 0.6) is 0 Å². The Morgan fingerprint density at radius 1 is 1.38 bits per heavy atom. The average Bonchev–Trinajstić information content (AvgIpc) is 2.63. The lowest BCUT2D eigenvalue weighted by Gasteiger charge is -2.30. The van der Waals surface area contributed by atoms with Crippen molar-refractivity contribution in [3.63, 3.8) is 0 Å². The van der Waals surface area contributed by atoms with Gasteiger partial charge in [0.2, 0.25) is 0 Å². The van der Waals surface area contributed by atoms with E-state index in [1.165, 1.54) is 48.3 Å². The lowest BCUT2D eigenvalue weighted by atomic mass is 9.88. The van der Waals surface area contributed by atoms with Crippen LogP contribution in [0.2, 0.25) is 0 Å². The summed E-state index contributed by atoms with van der Waals surface area (Å²) in [6.07, 6.45) is 3.23. The molecule has 0 unspecified atom stereocenters. The summed E-state index contributed by atoms with van der Waals surface area (Å²) < 4.78 is 28.9. The largest absolute Gasteiger partial charge is 0.379 e. The Hall–Kier alpha value is -2.72. The van der Waals surface area contributed by atoms with E-state index in [0.29, 0.717) is 28.3 Å². The van der Waals surface area contributed by atoms with Crippen molar-refractivity contribution in [3.8, 4) is 6.07 Å². The Labute approximate surface area is 154 Å². The maximum Gasteiger partial charge on any atom is 0.154 e. The van der Waals surface area contributed by atoms with E-state index >= 15 is 0 Å². The van der Waals surface area contributed by atoms with E-state index in [9.17, 15) is 8.78 Å². The molecule has 1 aliphatic rings. The minimum absolute atomic E-state index is 0.109. The number of aromatic nitrogens is 1. The standard InChI is InChI=1S/C19H16F2N4S/c1-19(6-7-26-18(23)25-19)14-8-12(2-4-15(14)20)9-16(21)17-5-3-13(10-22)11-24-17/h2-5,8-9,11H,6-7H2,1H3,(H2,23,25)/b16-9-/t19-/m0/s1. The maximum absolute atomic E-state index is 14.5. The molecule has 0 fully saturated rings. The first-order chi connectivity index (χ1) is 12.4. The number of hydrogen-bond acceptors (Lipinski definition) is 5. The van der Waals surface area contributed by atoms with Crippen LogP contribution in [0.25, 0.3) is 11.9 Å². The van der Waals surface area contributed by atoms with E-state index < -0.39 is 17.2 Å². The summed E-state index contributed by atoms with van der Waals surface area (Å²) in [7, 11) is 0. The van der Waals surface area contributed by atoms with Gasteiger partial charge in [0, 0.05) is 17.5 Å². The molecule has 4 nitrogen and oxygen atoms in total. The average molecular weight is 370 g/mol. The van der Waals surface area contributed by atoms with Crippen LogP contribution in [-0.2, 0) is 5.54 Å². The SMILES string of the molecule is C[C@@]1(c2cc(/C=C(\F)c3ccc(C#N)cn3)ccc2F)CCSC(N)=N1. The molecule has 0 aliphatic carbocycles. The number of nitriles is 1. The van der Waals surface area contributed by atoms with Gasteiger partial charge in [-0.1, -0.05) is 17.8 Å². The van der Waals surface area contributed by atoms with Crippen molar-refractivity contribution in [2.45, 2.75) is 18.9 Å². The minimum Gasteiger partial charge on any atom is -0.379 e. The zero-order valence-corrected chi connectivity index (χ0v) is 14.9. The molecule has 0 radical (unpaired) electrons. The highest BCUT2D eigenvalue weighted by Crippen LogP contribution is 2.37. The first kappa shape index (κ1) is 18.1. The third-order valence-corrected chi connectivity index (χ3v) is 4.99. The summed E-state index contributed by atoms with van der Waals surface area (Å²) in [5, 5.41) is 9.19. The number of nitrogens with zero attached hydrogens (tertiary/aromatic N) is 3. The smallest absolute Gasteiger partial charge is 0.154 e. The molecule has 1 aliphatic heterocycles. The molecule has 0 saturated carbocycles. The van der Waals surface area contributed by atoms with E-state index in [2.05, 4.69) is 9.98 Å². The number of halogens is 2. The second kappa shape index (κ2) is 7.26. The number of rotatable bonds is 3. The molecule has 3 rings (SSSR count). The fraction of sp³-hybridized carbons (Fsp3) is 0.211. The van der Waals surface area contributed by atoms with Gasteiger partial charge in [-0.25, -0.2) is 8.78 Å². The summed E-state index contributed by atoms with van der Waals surface area (Å²) in [6.45, 7) is 1.82. The highest BCUT2D eigenvalue weighted by atomic mass is 32.2. The van der Waals surface area contributed by atoms with Crippen molar-refractivity contribution in [1.29, 1.82) is 5.26 Å². The fourth-order valence-corrected chi connectivity index (χ4v) is 3.72. The first-order valence-electron chi connectivity index (χ1n) is 7.93. The van der Waals surface area contributed by atoms with Crippen molar-refractivity contribution in [2.75, 3.05) is 5.75 Å². The molecule has 0 saturated heterocycles. The zero-order chi connectivity index (χ0) is 18.7. The molecule has 1 aromatic heterocycles. The van der Waals surface area contributed by atoms with E-state index in [1.807, 2.05) is 13.0 Å². The Kier molecular flexibility index (Phi) is 5.05. The van der Waals surface area contributed by atoms with Gasteiger partial charge >= 0.3 is 0 Å². The van der Waals surface area contributed by atoms with Crippen LogP contribution >= 0.6 is 11.8 Å². The number of aliphatic imine (C=N–C) groups is 1. The van der Waals surface area contributed by atoms with Crippen molar-refractivity contribution < 1.29 is 8.78 Å². The molecule has 0 amide bonds. The van der Waals surface area contributed by atoms with Crippen LogP contribution in [0.1, 0.15) is 35.7 Å². The van der Waals surface area contributed by atoms with Gasteiger partial charge in [-0.2, -0.15) is 5.26 Å². The number of thioether (sulfide) groups is 1. The second-order valence-electron chi connectivity index (χ2n) is 6.10. The quantitative estimate of drug-likeness (QED) is 0.877. The van der Waals surface area contributed by atoms with Crippen LogP contribution in [0, 0.1) is 17.1 Å². The van der Waals surface area contributed by atoms with Crippen molar-refractivity contribution in [2.24, 2.45) is 10.7 Å². The molecule has 2 aromatic rings. The lowest BCUT2D eigenvalue weighted by Crippen LogP contribution is -2.29. The van der Waals surface area contributed by atoms with Gasteiger partial charge in [0.1, 0.15) is 17.7 Å². The van der Waals surface area contributed by atoms with Gasteiger partial charge in [-0.15, -0.1) is 0 Å². The summed E-state index contributed by atoms with van der Waals surface area (Å²) in [6, 6.07) is 9.24. The molecule has 132 valence electrons. The minimum atomic E-state index is -0.771. The monoisotopic (exact) mass is 370 g/mol. The predicted octanol–water partition coefficient (Wildman–Crippen LogP) is 4.23. The summed E-state index contributed by atoms with van der Waals surface area (Å²) in [5.74, 6) is -0.223. The molecule has 0 spiro atoms. The molecule has 2 N–H and O–H groups in total. The lowest BCUT2D eigenvalue weighted by molar-refractivity contribution is 0.450. The van der Waals surface area contributed by atoms with E-state index in [-0.39, 0.29) is 5.69 Å². The molecular weight excluding hydrogens is 354 g/mol. The highest BCUT2D eigenvalue weighted by molar-refractivity contribution is 8.13. The van der Waals surface area contributed by atoms with Gasteiger partial charge in [0.15, 0.2) is 5.17 Å². The maximum atomic E-state index is 14.5. The summed E-state index contributed by atoms with van der Waals surface area (Å²) in [4.78, 5) is 8.32. The van der Waals surface area contributed by atoms with Gasteiger partial charge < -0.3 is 5.73 Å². The van der Waals surface area contributed by atoms with Gasteiger partial charge in [0.25, 0.3) is 0 Å². The number of nitrogens with two attached hydrogens (primary N) is 1. The Bertz CT molecular complexity index is 932. The Morgan fingerprint density at radius 3 is 2.85 bits per heavy atom.